The third kappa shape index (κ3) is 4.14. The number of nitrogens with zero attached hydrogens (tertiary/aromatic N) is 2. The van der Waals surface area contributed by atoms with E-state index in [4.69, 9.17) is 10.2 Å². The molecule has 0 aliphatic carbocycles. The van der Waals surface area contributed by atoms with Crippen molar-refractivity contribution in [2.75, 3.05) is 13.1 Å². The first kappa shape index (κ1) is 22.4. The summed E-state index contributed by atoms with van der Waals surface area (Å²) in [5.74, 6) is -1.87. The number of hydrogen-bond acceptors (Lipinski definition) is 6. The number of hydrogen-bond donors (Lipinski definition) is 2. The minimum Gasteiger partial charge on any atom is -0.502 e. The molecule has 2 aliphatic heterocycles. The Morgan fingerprint density at radius 3 is 2.65 bits per heavy atom. The van der Waals surface area contributed by atoms with Gasteiger partial charge >= 0.3 is 0 Å². The fraction of sp³-hybridized carbons (Fsp3) is 0.423. The van der Waals surface area contributed by atoms with Crippen LogP contribution in [0, 0.1) is 0 Å². The Morgan fingerprint density at radius 2 is 1.88 bits per heavy atom. The topological polar surface area (TPSA) is 119 Å². The number of benzene rings is 1. The van der Waals surface area contributed by atoms with E-state index in [1.807, 2.05) is 18.2 Å². The van der Waals surface area contributed by atoms with Crippen LogP contribution in [0.4, 0.5) is 0 Å². The van der Waals surface area contributed by atoms with Gasteiger partial charge in [-0.25, -0.2) is 0 Å². The summed E-state index contributed by atoms with van der Waals surface area (Å²) < 4.78 is 7.77. The number of amides is 1. The molecule has 34 heavy (non-hydrogen) atoms. The van der Waals surface area contributed by atoms with Crippen LogP contribution in [0.1, 0.15) is 60.7 Å². The molecular weight excluding hydrogens is 434 g/mol. The summed E-state index contributed by atoms with van der Waals surface area (Å²) in [6, 6.07) is 8.92. The number of rotatable bonds is 6. The van der Waals surface area contributed by atoms with Crippen LogP contribution in [0.25, 0.3) is 10.9 Å². The maximum absolute atomic E-state index is 13.6. The van der Waals surface area contributed by atoms with Crippen molar-refractivity contribution in [1.29, 1.82) is 0 Å². The molecule has 8 nitrogen and oxygen atoms in total. The lowest BCUT2D eigenvalue weighted by atomic mass is 9.90. The summed E-state index contributed by atoms with van der Waals surface area (Å²) in [5, 5.41) is 11.5. The average molecular weight is 464 g/mol. The van der Waals surface area contributed by atoms with Gasteiger partial charge in [0.25, 0.3) is 5.56 Å². The van der Waals surface area contributed by atoms with E-state index in [0.717, 1.165) is 55.2 Å². The van der Waals surface area contributed by atoms with Gasteiger partial charge in [-0.05, 0) is 55.8 Å². The van der Waals surface area contributed by atoms with Gasteiger partial charge in [-0.2, -0.15) is 0 Å². The summed E-state index contributed by atoms with van der Waals surface area (Å²) in [4.78, 5) is 40.5. The zero-order valence-corrected chi connectivity index (χ0v) is 19.1. The predicted octanol–water partition coefficient (Wildman–Crippen LogP) is 2.60. The number of aromatic nitrogens is 1. The zero-order valence-electron chi connectivity index (χ0n) is 19.1. The van der Waals surface area contributed by atoms with Crippen molar-refractivity contribution >= 4 is 16.8 Å². The number of nitrogens with two attached hydrogens (primary N) is 1. The smallest absolute Gasteiger partial charge is 0.255 e. The molecule has 3 aromatic rings. The van der Waals surface area contributed by atoms with Gasteiger partial charge in [0.1, 0.15) is 5.76 Å². The zero-order chi connectivity index (χ0) is 23.8. The van der Waals surface area contributed by atoms with Gasteiger partial charge in [0.2, 0.25) is 17.1 Å². The van der Waals surface area contributed by atoms with Crippen LogP contribution in [-0.2, 0) is 24.3 Å². The molecule has 5 rings (SSSR count). The molecule has 0 radical (unpaired) electrons. The number of para-hydroxylation sites is 1. The number of likely N-dealkylation sites (tertiary alicyclic amines) is 1. The molecule has 1 aromatic carbocycles. The molecule has 0 bridgehead atoms. The third-order valence-corrected chi connectivity index (χ3v) is 6.98. The van der Waals surface area contributed by atoms with Crippen molar-refractivity contribution in [1.82, 2.24) is 9.47 Å². The lowest BCUT2D eigenvalue weighted by Crippen LogP contribution is -2.31. The maximum Gasteiger partial charge on any atom is 0.255 e. The van der Waals surface area contributed by atoms with Gasteiger partial charge in [-0.15, -0.1) is 0 Å². The van der Waals surface area contributed by atoms with Crippen LogP contribution >= 0.6 is 0 Å². The number of piperidine rings is 1. The maximum atomic E-state index is 13.6. The Bertz CT molecular complexity index is 1370. The van der Waals surface area contributed by atoms with Crippen molar-refractivity contribution < 1.29 is 14.3 Å². The highest BCUT2D eigenvalue weighted by Crippen LogP contribution is 2.34. The molecule has 1 amide bonds. The van der Waals surface area contributed by atoms with E-state index in [1.165, 1.54) is 12.5 Å². The highest BCUT2D eigenvalue weighted by molar-refractivity contribution is 5.84. The van der Waals surface area contributed by atoms with Crippen LogP contribution in [0.3, 0.4) is 0 Å². The highest BCUT2D eigenvalue weighted by Gasteiger charge is 2.30. The Hall–Kier alpha value is -3.39. The Kier molecular flexibility index (Phi) is 6.00. The monoisotopic (exact) mass is 463 g/mol. The Balaban J connectivity index is 1.65. The summed E-state index contributed by atoms with van der Waals surface area (Å²) in [5.41, 5.74) is 7.00. The quantitative estimate of drug-likeness (QED) is 0.580. The van der Waals surface area contributed by atoms with Gasteiger partial charge in [0, 0.05) is 24.6 Å². The van der Waals surface area contributed by atoms with Crippen LogP contribution in [-0.4, -0.2) is 33.6 Å². The molecule has 1 fully saturated rings. The first-order valence-corrected chi connectivity index (χ1v) is 11.9. The number of pyridine rings is 1. The Labute approximate surface area is 196 Å². The van der Waals surface area contributed by atoms with Gasteiger partial charge < -0.3 is 19.8 Å². The van der Waals surface area contributed by atoms with E-state index in [0.29, 0.717) is 24.4 Å². The first-order chi connectivity index (χ1) is 16.4. The molecule has 1 atom stereocenters. The second-order valence-electron chi connectivity index (χ2n) is 9.36. The van der Waals surface area contributed by atoms with Crippen LogP contribution < -0.4 is 16.7 Å². The van der Waals surface area contributed by atoms with E-state index in [1.54, 1.807) is 10.6 Å². The molecule has 8 heteroatoms. The lowest BCUT2D eigenvalue weighted by molar-refractivity contribution is -0.118. The predicted molar refractivity (Wildman–Crippen MR) is 128 cm³/mol. The van der Waals surface area contributed by atoms with E-state index >= 15 is 0 Å². The lowest BCUT2D eigenvalue weighted by Gasteiger charge is -2.26. The summed E-state index contributed by atoms with van der Waals surface area (Å²) in [6.07, 6.45) is 4.81. The summed E-state index contributed by atoms with van der Waals surface area (Å²) in [6.45, 7) is 2.80. The molecule has 0 spiro atoms. The van der Waals surface area contributed by atoms with Crippen molar-refractivity contribution in [3.8, 4) is 5.75 Å². The van der Waals surface area contributed by atoms with E-state index < -0.39 is 23.0 Å². The number of carbonyl (C=O) groups excluding carboxylic acids is 1. The molecule has 3 N–H and O–H groups in total. The second kappa shape index (κ2) is 9.10. The summed E-state index contributed by atoms with van der Waals surface area (Å²) in [7, 11) is 0. The highest BCUT2D eigenvalue weighted by atomic mass is 16.4. The van der Waals surface area contributed by atoms with Gasteiger partial charge in [-0.3, -0.25) is 19.3 Å². The van der Waals surface area contributed by atoms with Crippen molar-refractivity contribution in [3.05, 3.63) is 73.6 Å². The van der Waals surface area contributed by atoms with Gasteiger partial charge in [0.15, 0.2) is 5.76 Å². The normalized spacial score (nSPS) is 17.1. The van der Waals surface area contributed by atoms with Gasteiger partial charge in [-0.1, -0.05) is 24.6 Å². The average Bonchev–Trinajstić information content (AvgIpc) is 2.83. The van der Waals surface area contributed by atoms with Crippen LogP contribution in [0.5, 0.6) is 5.75 Å². The van der Waals surface area contributed by atoms with E-state index in [9.17, 15) is 19.5 Å². The molecule has 2 aromatic heterocycles. The van der Waals surface area contributed by atoms with Crippen LogP contribution in [0.2, 0.25) is 0 Å². The number of primary amides is 1. The molecule has 2 aliphatic rings. The number of aryl methyl sites for hydroxylation is 2. The van der Waals surface area contributed by atoms with E-state index in [-0.39, 0.29) is 17.7 Å². The minimum atomic E-state index is -0.960. The van der Waals surface area contributed by atoms with Gasteiger partial charge in [0.05, 0.1) is 18.0 Å². The number of carbonyl (C=O) groups is 1. The third-order valence-electron chi connectivity index (χ3n) is 6.98. The first-order valence-electron chi connectivity index (χ1n) is 11.9. The molecule has 0 saturated carbocycles. The van der Waals surface area contributed by atoms with Crippen molar-refractivity contribution in [2.45, 2.75) is 57.5 Å². The molecule has 1 saturated heterocycles. The second-order valence-corrected chi connectivity index (χ2v) is 9.36. The number of aromatic hydroxyl groups is 1. The standard InChI is InChI=1S/C26H29N3O5/c27-22(31)14-19(20-12-17-7-4-6-16-8-5-11-29(23(16)17)26(20)33)25-24(32)21(30)13-18(34-25)15-28-9-2-1-3-10-28/h4,6-7,12-13,19,32H,1-3,5,8-11,14-15H2,(H2,27,31)/t19-/m0/s1. The van der Waals surface area contributed by atoms with Crippen molar-refractivity contribution in [3.63, 3.8) is 0 Å². The molecule has 0 unspecified atom stereocenters. The summed E-state index contributed by atoms with van der Waals surface area (Å²) >= 11 is 0. The fourth-order valence-corrected chi connectivity index (χ4v) is 5.39. The minimum absolute atomic E-state index is 0.0745. The van der Waals surface area contributed by atoms with E-state index in [2.05, 4.69) is 4.90 Å². The van der Waals surface area contributed by atoms with Crippen LogP contribution in [0.15, 0.2) is 44.3 Å². The molecular formula is C26H29N3O5. The largest absolute Gasteiger partial charge is 0.502 e. The SMILES string of the molecule is NC(=O)C[C@H](c1oc(CN2CCCCC2)cc(=O)c1O)c1cc2cccc3c2n(c1=O)CCC3. The Morgan fingerprint density at radius 1 is 1.09 bits per heavy atom. The van der Waals surface area contributed by atoms with Crippen molar-refractivity contribution in [2.24, 2.45) is 5.73 Å². The molecule has 4 heterocycles. The molecule has 178 valence electrons. The fourth-order valence-electron chi connectivity index (χ4n) is 5.39.